The van der Waals surface area contributed by atoms with Crippen molar-refractivity contribution < 1.29 is 14.8 Å². The predicted octanol–water partition coefficient (Wildman–Crippen LogP) is 1.13. The summed E-state index contributed by atoms with van der Waals surface area (Å²) in [6, 6.07) is 4.57. The molecule has 0 saturated heterocycles. The van der Waals surface area contributed by atoms with Crippen molar-refractivity contribution in [3.63, 3.8) is 0 Å². The van der Waals surface area contributed by atoms with Crippen molar-refractivity contribution >= 4 is 23.4 Å². The lowest BCUT2D eigenvalue weighted by Crippen LogP contribution is -2.11. The molecular weight excluding hydrogens is 286 g/mol. The van der Waals surface area contributed by atoms with Crippen LogP contribution in [0.3, 0.4) is 0 Å². The summed E-state index contributed by atoms with van der Waals surface area (Å²) >= 11 is 1.07. The van der Waals surface area contributed by atoms with Gasteiger partial charge in [-0.3, -0.25) is 14.9 Å². The maximum absolute atomic E-state index is 10.8. The van der Waals surface area contributed by atoms with E-state index in [2.05, 4.69) is 15.5 Å². The van der Waals surface area contributed by atoms with E-state index in [4.69, 9.17) is 5.11 Å². The number of nitro benzene ring substituents is 1. The molecule has 0 fully saturated rings. The van der Waals surface area contributed by atoms with Crippen LogP contribution in [0.1, 0.15) is 5.56 Å². The van der Waals surface area contributed by atoms with E-state index in [9.17, 15) is 14.9 Å². The molecule has 0 amide bonds. The molecule has 2 rings (SSSR count). The van der Waals surface area contributed by atoms with E-state index >= 15 is 0 Å². The van der Waals surface area contributed by atoms with Gasteiger partial charge in [0.25, 0.3) is 5.69 Å². The SMILES string of the molecule is Cc1cc(Sc2nnnn2CC(=O)O)cc([N+](=O)[O-])c1. The van der Waals surface area contributed by atoms with Crippen molar-refractivity contribution in [1.82, 2.24) is 20.2 Å². The van der Waals surface area contributed by atoms with Crippen LogP contribution in [-0.4, -0.2) is 36.2 Å². The Kier molecular flexibility index (Phi) is 3.94. The van der Waals surface area contributed by atoms with Gasteiger partial charge in [0.1, 0.15) is 6.54 Å². The van der Waals surface area contributed by atoms with Gasteiger partial charge in [-0.05, 0) is 40.7 Å². The number of hydrogen-bond donors (Lipinski definition) is 1. The number of aliphatic carboxylic acids is 1. The van der Waals surface area contributed by atoms with Gasteiger partial charge in [0, 0.05) is 17.0 Å². The molecule has 0 bridgehead atoms. The van der Waals surface area contributed by atoms with Crippen LogP contribution in [0.5, 0.6) is 0 Å². The van der Waals surface area contributed by atoms with E-state index in [1.54, 1.807) is 13.0 Å². The molecule has 0 saturated carbocycles. The Labute approximate surface area is 116 Å². The Balaban J connectivity index is 2.28. The zero-order valence-corrected chi connectivity index (χ0v) is 11.1. The molecule has 0 aliphatic heterocycles. The fourth-order valence-corrected chi connectivity index (χ4v) is 2.41. The zero-order chi connectivity index (χ0) is 14.7. The summed E-state index contributed by atoms with van der Waals surface area (Å²) in [6.07, 6.45) is 0. The number of nitro groups is 1. The minimum Gasteiger partial charge on any atom is -0.480 e. The van der Waals surface area contributed by atoms with Crippen molar-refractivity contribution in [3.05, 3.63) is 33.9 Å². The van der Waals surface area contributed by atoms with Gasteiger partial charge in [0.05, 0.1) is 4.92 Å². The van der Waals surface area contributed by atoms with Crippen molar-refractivity contribution in [2.45, 2.75) is 23.5 Å². The molecule has 104 valence electrons. The predicted molar refractivity (Wildman–Crippen MR) is 67.4 cm³/mol. The van der Waals surface area contributed by atoms with Gasteiger partial charge in [-0.15, -0.1) is 5.10 Å². The number of nitrogens with zero attached hydrogens (tertiary/aromatic N) is 5. The Hall–Kier alpha value is -2.49. The maximum Gasteiger partial charge on any atom is 0.325 e. The molecule has 0 aliphatic rings. The lowest BCUT2D eigenvalue weighted by molar-refractivity contribution is -0.385. The van der Waals surface area contributed by atoms with Gasteiger partial charge >= 0.3 is 5.97 Å². The summed E-state index contributed by atoms with van der Waals surface area (Å²) in [4.78, 5) is 21.5. The van der Waals surface area contributed by atoms with Crippen molar-refractivity contribution in [2.75, 3.05) is 0 Å². The van der Waals surface area contributed by atoms with Gasteiger partial charge in [0.15, 0.2) is 0 Å². The smallest absolute Gasteiger partial charge is 0.325 e. The first-order valence-electron chi connectivity index (χ1n) is 5.37. The number of non-ortho nitro benzene ring substituents is 1. The van der Waals surface area contributed by atoms with Gasteiger partial charge < -0.3 is 5.11 Å². The third-order valence-electron chi connectivity index (χ3n) is 2.24. The van der Waals surface area contributed by atoms with E-state index in [0.29, 0.717) is 4.90 Å². The number of carbonyl (C=O) groups is 1. The number of hydrogen-bond acceptors (Lipinski definition) is 7. The molecule has 0 spiro atoms. The van der Waals surface area contributed by atoms with E-state index < -0.39 is 10.9 Å². The first kappa shape index (κ1) is 13.9. The molecule has 9 nitrogen and oxygen atoms in total. The van der Waals surface area contributed by atoms with Crippen LogP contribution in [0, 0.1) is 17.0 Å². The van der Waals surface area contributed by atoms with Crippen LogP contribution >= 0.6 is 11.8 Å². The van der Waals surface area contributed by atoms with Crippen LogP contribution < -0.4 is 0 Å². The lowest BCUT2D eigenvalue weighted by atomic mass is 10.2. The molecule has 1 aromatic carbocycles. The molecule has 1 N–H and O–H groups in total. The van der Waals surface area contributed by atoms with Crippen molar-refractivity contribution in [3.8, 4) is 0 Å². The molecule has 0 aliphatic carbocycles. The Morgan fingerprint density at radius 1 is 1.50 bits per heavy atom. The van der Waals surface area contributed by atoms with Gasteiger partial charge in [-0.2, -0.15) is 0 Å². The van der Waals surface area contributed by atoms with E-state index in [1.807, 2.05) is 0 Å². The number of carboxylic acids is 1. The molecule has 1 aromatic heterocycles. The first-order chi connectivity index (χ1) is 9.45. The average molecular weight is 295 g/mol. The maximum atomic E-state index is 10.8. The van der Waals surface area contributed by atoms with Crippen molar-refractivity contribution in [2.24, 2.45) is 0 Å². The quantitative estimate of drug-likeness (QED) is 0.642. The molecule has 2 aromatic rings. The van der Waals surface area contributed by atoms with Crippen LogP contribution in [0.2, 0.25) is 0 Å². The summed E-state index contributed by atoms with van der Waals surface area (Å²) in [7, 11) is 0. The number of carboxylic acid groups (broad SMARTS) is 1. The number of benzene rings is 1. The molecule has 1 heterocycles. The lowest BCUT2D eigenvalue weighted by Gasteiger charge is -2.03. The number of aryl methyl sites for hydroxylation is 1. The largest absolute Gasteiger partial charge is 0.480 e. The normalized spacial score (nSPS) is 10.4. The topological polar surface area (TPSA) is 124 Å². The van der Waals surface area contributed by atoms with Crippen molar-refractivity contribution in [1.29, 1.82) is 0 Å². The molecule has 0 atom stereocenters. The molecular formula is C10H9N5O4S. The van der Waals surface area contributed by atoms with Gasteiger partial charge in [-0.25, -0.2) is 4.68 Å². The monoisotopic (exact) mass is 295 g/mol. The van der Waals surface area contributed by atoms with Crippen LogP contribution in [0.25, 0.3) is 0 Å². The van der Waals surface area contributed by atoms with Crippen LogP contribution in [0.4, 0.5) is 5.69 Å². The van der Waals surface area contributed by atoms with E-state index in [-0.39, 0.29) is 17.4 Å². The van der Waals surface area contributed by atoms with E-state index in [0.717, 1.165) is 22.0 Å². The minimum atomic E-state index is -1.07. The minimum absolute atomic E-state index is 0.0373. The fourth-order valence-electron chi connectivity index (χ4n) is 1.50. The molecule has 0 radical (unpaired) electrons. The van der Waals surface area contributed by atoms with Gasteiger partial charge in [-0.1, -0.05) is 0 Å². The van der Waals surface area contributed by atoms with Crippen LogP contribution in [-0.2, 0) is 11.3 Å². The highest BCUT2D eigenvalue weighted by Gasteiger charge is 2.14. The summed E-state index contributed by atoms with van der Waals surface area (Å²) < 4.78 is 1.11. The number of aromatic nitrogens is 4. The fraction of sp³-hybridized carbons (Fsp3) is 0.200. The van der Waals surface area contributed by atoms with Crippen LogP contribution in [0.15, 0.2) is 28.3 Å². The molecule has 0 unspecified atom stereocenters. The number of tetrazole rings is 1. The third kappa shape index (κ3) is 3.29. The highest BCUT2D eigenvalue weighted by Crippen LogP contribution is 2.29. The second-order valence-corrected chi connectivity index (χ2v) is 4.92. The first-order valence-corrected chi connectivity index (χ1v) is 6.19. The number of rotatable bonds is 5. The second kappa shape index (κ2) is 5.65. The second-order valence-electron chi connectivity index (χ2n) is 3.88. The summed E-state index contributed by atoms with van der Waals surface area (Å²) in [6.45, 7) is 1.36. The standard InChI is InChI=1S/C10H9N5O4S/c1-6-2-7(15(18)19)4-8(3-6)20-10-11-12-13-14(10)5-9(16)17/h2-4H,5H2,1H3,(H,16,17). The Bertz CT molecular complexity index is 671. The third-order valence-corrected chi connectivity index (χ3v) is 3.19. The average Bonchev–Trinajstić information content (AvgIpc) is 2.75. The highest BCUT2D eigenvalue weighted by atomic mass is 32.2. The Morgan fingerprint density at radius 2 is 2.25 bits per heavy atom. The van der Waals surface area contributed by atoms with Gasteiger partial charge in [0.2, 0.25) is 5.16 Å². The zero-order valence-electron chi connectivity index (χ0n) is 10.3. The molecule has 10 heteroatoms. The summed E-state index contributed by atoms with van der Waals surface area (Å²) in [5.41, 5.74) is 0.684. The summed E-state index contributed by atoms with van der Waals surface area (Å²) in [5, 5.41) is 30.4. The highest BCUT2D eigenvalue weighted by molar-refractivity contribution is 7.99. The van der Waals surface area contributed by atoms with E-state index in [1.165, 1.54) is 12.1 Å². The molecule has 20 heavy (non-hydrogen) atoms. The summed E-state index contributed by atoms with van der Waals surface area (Å²) in [5.74, 6) is -1.07. The Morgan fingerprint density at radius 3 is 2.90 bits per heavy atom.